The summed E-state index contributed by atoms with van der Waals surface area (Å²) in [7, 11) is 0. The van der Waals surface area contributed by atoms with E-state index in [1.807, 2.05) is 0 Å². The molecule has 1 aliphatic heterocycles. The van der Waals surface area contributed by atoms with Crippen molar-refractivity contribution < 1.29 is 4.74 Å². The summed E-state index contributed by atoms with van der Waals surface area (Å²) in [5.74, 6) is 0.494. The maximum atomic E-state index is 11.3. The minimum absolute atomic E-state index is 0.424. The van der Waals surface area contributed by atoms with Crippen LogP contribution >= 0.6 is 0 Å². The van der Waals surface area contributed by atoms with Gasteiger partial charge in [-0.1, -0.05) is 6.58 Å². The highest BCUT2D eigenvalue weighted by Gasteiger charge is 2.15. The number of aromatic nitrogens is 2. The number of aromatic amines is 1. The van der Waals surface area contributed by atoms with E-state index in [0.29, 0.717) is 5.76 Å². The van der Waals surface area contributed by atoms with Crippen LogP contribution in [0, 0.1) is 0 Å². The van der Waals surface area contributed by atoms with Gasteiger partial charge in [-0.15, -0.1) is 0 Å². The molecule has 1 N–H and O–H groups in total. The van der Waals surface area contributed by atoms with Crippen molar-refractivity contribution in [3.05, 3.63) is 57.6 Å². The summed E-state index contributed by atoms with van der Waals surface area (Å²) in [5, 5.41) is 0. The van der Waals surface area contributed by atoms with Crippen LogP contribution in [0.5, 0.6) is 0 Å². The molecule has 14 heavy (non-hydrogen) atoms. The van der Waals surface area contributed by atoms with Crippen LogP contribution in [-0.2, 0) is 4.74 Å². The second-order valence-corrected chi connectivity index (χ2v) is 2.85. The lowest BCUT2D eigenvalue weighted by Gasteiger charge is -2.11. The van der Waals surface area contributed by atoms with Gasteiger partial charge >= 0.3 is 5.69 Å². The average Bonchev–Trinajstić information content (AvgIpc) is 2.51. The molecular formula is C9H8N2O3. The molecule has 1 atom stereocenters. The molecule has 0 aromatic carbocycles. The second kappa shape index (κ2) is 3.02. The topological polar surface area (TPSA) is 64.1 Å². The van der Waals surface area contributed by atoms with E-state index in [2.05, 4.69) is 11.6 Å². The monoisotopic (exact) mass is 192 g/mol. The Kier molecular flexibility index (Phi) is 1.85. The molecule has 72 valence electrons. The SMILES string of the molecule is C=C1C=C[C@H](n2ccc(=O)[nH]c2=O)O1. The Labute approximate surface area is 79.0 Å². The standard InChI is InChI=1S/C9H8N2O3/c1-6-2-3-8(14-6)11-5-4-7(12)10-9(11)13/h2-5,8H,1H2,(H,10,12,13)/t8-/m1/s1. The highest BCUT2D eigenvalue weighted by molar-refractivity contribution is 5.15. The molecule has 0 aliphatic carbocycles. The summed E-state index contributed by atoms with van der Waals surface area (Å²) in [6.45, 7) is 3.58. The maximum absolute atomic E-state index is 11.3. The van der Waals surface area contributed by atoms with Crippen LogP contribution in [0.15, 0.2) is 46.3 Å². The van der Waals surface area contributed by atoms with Crippen LogP contribution in [-0.4, -0.2) is 9.55 Å². The van der Waals surface area contributed by atoms with Gasteiger partial charge in [-0.05, 0) is 12.2 Å². The fourth-order valence-electron chi connectivity index (χ4n) is 1.20. The molecule has 2 rings (SSSR count). The van der Waals surface area contributed by atoms with E-state index < -0.39 is 17.5 Å². The molecule has 0 amide bonds. The predicted octanol–water partition coefficient (Wildman–Crippen LogP) is 0.135. The first-order valence-corrected chi connectivity index (χ1v) is 4.02. The highest BCUT2D eigenvalue weighted by Crippen LogP contribution is 2.19. The Morgan fingerprint density at radius 3 is 2.86 bits per heavy atom. The first kappa shape index (κ1) is 8.55. The summed E-state index contributed by atoms with van der Waals surface area (Å²) < 4.78 is 6.48. The Hall–Kier alpha value is -2.04. The zero-order chi connectivity index (χ0) is 10.1. The number of hydrogen-bond donors (Lipinski definition) is 1. The minimum Gasteiger partial charge on any atom is -0.467 e. The lowest BCUT2D eigenvalue weighted by Crippen LogP contribution is -2.30. The van der Waals surface area contributed by atoms with Crippen LogP contribution in [0.3, 0.4) is 0 Å². The Balaban J connectivity index is 2.43. The van der Waals surface area contributed by atoms with E-state index in [9.17, 15) is 9.59 Å². The van der Waals surface area contributed by atoms with E-state index in [0.717, 1.165) is 0 Å². The number of nitrogens with one attached hydrogen (secondary N) is 1. The van der Waals surface area contributed by atoms with E-state index in [-0.39, 0.29) is 0 Å². The molecule has 0 spiro atoms. The smallest absolute Gasteiger partial charge is 0.331 e. The molecule has 0 fully saturated rings. The zero-order valence-electron chi connectivity index (χ0n) is 7.27. The van der Waals surface area contributed by atoms with Crippen molar-refractivity contribution in [2.75, 3.05) is 0 Å². The van der Waals surface area contributed by atoms with Crippen LogP contribution in [0.25, 0.3) is 0 Å². The number of H-pyrrole nitrogens is 1. The van der Waals surface area contributed by atoms with Gasteiger partial charge in [0.25, 0.3) is 5.56 Å². The highest BCUT2D eigenvalue weighted by atomic mass is 16.5. The second-order valence-electron chi connectivity index (χ2n) is 2.85. The molecule has 5 nitrogen and oxygen atoms in total. The Morgan fingerprint density at radius 2 is 2.29 bits per heavy atom. The fourth-order valence-corrected chi connectivity index (χ4v) is 1.20. The molecule has 2 heterocycles. The van der Waals surface area contributed by atoms with Gasteiger partial charge in [0, 0.05) is 12.3 Å². The van der Waals surface area contributed by atoms with E-state index in [1.165, 1.54) is 16.8 Å². The van der Waals surface area contributed by atoms with Crippen molar-refractivity contribution >= 4 is 0 Å². The average molecular weight is 192 g/mol. The first-order chi connectivity index (χ1) is 6.66. The van der Waals surface area contributed by atoms with E-state index in [4.69, 9.17) is 4.74 Å². The van der Waals surface area contributed by atoms with E-state index in [1.54, 1.807) is 12.2 Å². The van der Waals surface area contributed by atoms with Crippen molar-refractivity contribution in [1.29, 1.82) is 0 Å². The molecule has 0 radical (unpaired) electrons. The van der Waals surface area contributed by atoms with Gasteiger partial charge in [-0.2, -0.15) is 0 Å². The normalized spacial score (nSPS) is 19.7. The Bertz CT molecular complexity index is 509. The number of rotatable bonds is 1. The number of hydrogen-bond acceptors (Lipinski definition) is 3. The van der Waals surface area contributed by atoms with Gasteiger partial charge < -0.3 is 4.74 Å². The van der Waals surface area contributed by atoms with Crippen LogP contribution < -0.4 is 11.2 Å². The van der Waals surface area contributed by atoms with E-state index >= 15 is 0 Å². The summed E-state index contributed by atoms with van der Waals surface area (Å²) >= 11 is 0. The Morgan fingerprint density at radius 1 is 1.50 bits per heavy atom. The largest absolute Gasteiger partial charge is 0.467 e. The van der Waals surface area contributed by atoms with Crippen molar-refractivity contribution in [2.45, 2.75) is 6.23 Å². The summed E-state index contributed by atoms with van der Waals surface area (Å²) in [6.07, 6.45) is 4.23. The molecule has 0 saturated carbocycles. The molecular weight excluding hydrogens is 184 g/mol. The first-order valence-electron chi connectivity index (χ1n) is 4.02. The van der Waals surface area contributed by atoms with Gasteiger partial charge in [-0.25, -0.2) is 4.79 Å². The summed E-state index contributed by atoms with van der Waals surface area (Å²) in [4.78, 5) is 24.2. The minimum atomic E-state index is -0.508. The summed E-state index contributed by atoms with van der Waals surface area (Å²) in [6, 6.07) is 1.26. The molecule has 0 bridgehead atoms. The third kappa shape index (κ3) is 1.39. The van der Waals surface area contributed by atoms with Crippen molar-refractivity contribution in [3.63, 3.8) is 0 Å². The lowest BCUT2D eigenvalue weighted by atomic mass is 10.4. The fraction of sp³-hybridized carbons (Fsp3) is 0.111. The molecule has 0 unspecified atom stereocenters. The van der Waals surface area contributed by atoms with Crippen LogP contribution in [0.2, 0.25) is 0 Å². The number of nitrogens with zero attached hydrogens (tertiary/aromatic N) is 1. The summed E-state index contributed by atoms with van der Waals surface area (Å²) in [5.41, 5.74) is -0.922. The number of ether oxygens (including phenoxy) is 1. The predicted molar refractivity (Wildman–Crippen MR) is 49.7 cm³/mol. The van der Waals surface area contributed by atoms with Gasteiger partial charge in [0.2, 0.25) is 0 Å². The molecule has 1 aromatic heterocycles. The van der Waals surface area contributed by atoms with Gasteiger partial charge in [0.15, 0.2) is 6.23 Å². The quantitative estimate of drug-likeness (QED) is 0.688. The van der Waals surface area contributed by atoms with Gasteiger partial charge in [-0.3, -0.25) is 14.3 Å². The molecule has 5 heteroatoms. The van der Waals surface area contributed by atoms with Gasteiger partial charge in [0.05, 0.1) is 0 Å². The molecule has 0 saturated heterocycles. The van der Waals surface area contributed by atoms with Crippen molar-refractivity contribution in [1.82, 2.24) is 9.55 Å². The maximum Gasteiger partial charge on any atom is 0.331 e. The zero-order valence-corrected chi connectivity index (χ0v) is 7.27. The van der Waals surface area contributed by atoms with Crippen LogP contribution in [0.1, 0.15) is 6.23 Å². The third-order valence-electron chi connectivity index (χ3n) is 1.84. The van der Waals surface area contributed by atoms with Gasteiger partial charge in [0.1, 0.15) is 5.76 Å². The molecule has 1 aromatic rings. The number of allylic oxidation sites excluding steroid dienone is 1. The third-order valence-corrected chi connectivity index (χ3v) is 1.84. The molecule has 1 aliphatic rings. The lowest BCUT2D eigenvalue weighted by molar-refractivity contribution is 0.119. The van der Waals surface area contributed by atoms with Crippen LogP contribution in [0.4, 0.5) is 0 Å². The van der Waals surface area contributed by atoms with Crippen molar-refractivity contribution in [3.8, 4) is 0 Å². The van der Waals surface area contributed by atoms with Crippen molar-refractivity contribution in [2.24, 2.45) is 0 Å².